The largest absolute Gasteiger partial charge is 0.382 e. The van der Waals surface area contributed by atoms with Crippen molar-refractivity contribution in [2.45, 2.75) is 52.1 Å². The van der Waals surface area contributed by atoms with Crippen molar-refractivity contribution >= 4 is 11.7 Å². The van der Waals surface area contributed by atoms with Crippen LogP contribution in [0.15, 0.2) is 6.07 Å². The lowest BCUT2D eigenvalue weighted by atomic mass is 9.99. The van der Waals surface area contributed by atoms with E-state index in [1.54, 1.807) is 10.7 Å². The van der Waals surface area contributed by atoms with Crippen molar-refractivity contribution in [3.63, 3.8) is 0 Å². The van der Waals surface area contributed by atoms with Crippen LogP contribution in [0.5, 0.6) is 0 Å². The maximum atomic E-state index is 12.6. The molecule has 2 rings (SSSR count). The summed E-state index contributed by atoms with van der Waals surface area (Å²) in [6.07, 6.45) is 4.44. The molecule has 1 atom stereocenters. The van der Waals surface area contributed by atoms with Gasteiger partial charge in [-0.3, -0.25) is 9.48 Å². The molecule has 0 bridgehead atoms. The number of anilines is 1. The zero-order chi connectivity index (χ0) is 13.1. The lowest BCUT2D eigenvalue weighted by molar-refractivity contribution is 0.0595. The number of aromatic nitrogens is 2. The molecule has 0 radical (unpaired) electrons. The van der Waals surface area contributed by atoms with Crippen LogP contribution in [0.3, 0.4) is 0 Å². The molecule has 2 N–H and O–H groups in total. The molecule has 1 aliphatic heterocycles. The van der Waals surface area contributed by atoms with Gasteiger partial charge in [0.1, 0.15) is 11.5 Å². The molecular weight excluding hydrogens is 228 g/mol. The highest BCUT2D eigenvalue weighted by Crippen LogP contribution is 2.22. The van der Waals surface area contributed by atoms with Gasteiger partial charge in [0, 0.05) is 25.2 Å². The molecule has 1 amide bonds. The SMILES string of the molecule is CC[C@@H]1CCCCN1C(=O)c1cc(N)nn1CC. The summed E-state index contributed by atoms with van der Waals surface area (Å²) in [5.41, 5.74) is 6.31. The van der Waals surface area contributed by atoms with Gasteiger partial charge in [-0.25, -0.2) is 0 Å². The molecule has 0 spiro atoms. The standard InChI is InChI=1S/C13H22N4O/c1-3-10-7-5-6-8-16(10)13(18)11-9-12(14)15-17(11)4-2/h9-10H,3-8H2,1-2H3,(H2,14,15)/t10-/m1/s1. The Hall–Kier alpha value is -1.52. The van der Waals surface area contributed by atoms with Gasteiger partial charge >= 0.3 is 0 Å². The van der Waals surface area contributed by atoms with Gasteiger partial charge in [0.15, 0.2) is 0 Å². The summed E-state index contributed by atoms with van der Waals surface area (Å²) in [6, 6.07) is 2.06. The van der Waals surface area contributed by atoms with Gasteiger partial charge in [0.25, 0.3) is 5.91 Å². The number of aryl methyl sites for hydroxylation is 1. The van der Waals surface area contributed by atoms with E-state index in [-0.39, 0.29) is 5.91 Å². The minimum atomic E-state index is 0.0765. The van der Waals surface area contributed by atoms with Crippen molar-refractivity contribution in [2.75, 3.05) is 12.3 Å². The summed E-state index contributed by atoms with van der Waals surface area (Å²) in [6.45, 7) is 5.63. The van der Waals surface area contributed by atoms with E-state index in [0.29, 0.717) is 24.1 Å². The summed E-state index contributed by atoms with van der Waals surface area (Å²) >= 11 is 0. The maximum Gasteiger partial charge on any atom is 0.272 e. The third kappa shape index (κ3) is 2.35. The Balaban J connectivity index is 2.23. The fourth-order valence-electron chi connectivity index (χ4n) is 2.69. The van der Waals surface area contributed by atoms with Gasteiger partial charge < -0.3 is 10.6 Å². The predicted molar refractivity (Wildman–Crippen MR) is 71.3 cm³/mol. The van der Waals surface area contributed by atoms with Crippen LogP contribution in [0.25, 0.3) is 0 Å². The zero-order valence-electron chi connectivity index (χ0n) is 11.2. The quantitative estimate of drug-likeness (QED) is 0.891. The molecule has 100 valence electrons. The highest BCUT2D eigenvalue weighted by Gasteiger charge is 2.28. The Kier molecular flexibility index (Phi) is 3.89. The number of carbonyl (C=O) groups is 1. The van der Waals surface area contributed by atoms with Crippen LogP contribution in [0, 0.1) is 0 Å². The Morgan fingerprint density at radius 2 is 2.28 bits per heavy atom. The second-order valence-corrected chi connectivity index (χ2v) is 4.83. The van der Waals surface area contributed by atoms with Crippen LogP contribution in [-0.4, -0.2) is 33.2 Å². The van der Waals surface area contributed by atoms with Crippen molar-refractivity contribution in [1.29, 1.82) is 0 Å². The number of amides is 1. The number of hydrogen-bond donors (Lipinski definition) is 1. The maximum absolute atomic E-state index is 12.6. The first-order chi connectivity index (χ1) is 8.67. The molecule has 0 aromatic carbocycles. The molecule has 1 aromatic rings. The number of rotatable bonds is 3. The topological polar surface area (TPSA) is 64.2 Å². The van der Waals surface area contributed by atoms with E-state index in [1.165, 1.54) is 6.42 Å². The fraction of sp³-hybridized carbons (Fsp3) is 0.692. The smallest absolute Gasteiger partial charge is 0.272 e. The predicted octanol–water partition coefficient (Wildman–Crippen LogP) is 1.89. The highest BCUT2D eigenvalue weighted by atomic mass is 16.2. The zero-order valence-corrected chi connectivity index (χ0v) is 11.2. The minimum absolute atomic E-state index is 0.0765. The van der Waals surface area contributed by atoms with Gasteiger partial charge in [0.05, 0.1) is 0 Å². The Morgan fingerprint density at radius 1 is 1.50 bits per heavy atom. The third-order valence-corrected chi connectivity index (χ3v) is 3.68. The number of piperidine rings is 1. The summed E-state index contributed by atoms with van der Waals surface area (Å²) < 4.78 is 1.69. The van der Waals surface area contributed by atoms with Crippen molar-refractivity contribution < 1.29 is 4.79 Å². The third-order valence-electron chi connectivity index (χ3n) is 3.68. The molecule has 5 heteroatoms. The highest BCUT2D eigenvalue weighted by molar-refractivity contribution is 5.93. The number of nitrogen functional groups attached to an aromatic ring is 1. The molecule has 2 heterocycles. The Labute approximate surface area is 108 Å². The summed E-state index contributed by atoms with van der Waals surface area (Å²) in [4.78, 5) is 14.6. The molecule has 1 saturated heterocycles. The van der Waals surface area contributed by atoms with Crippen LogP contribution >= 0.6 is 0 Å². The monoisotopic (exact) mass is 250 g/mol. The van der Waals surface area contributed by atoms with Gasteiger partial charge in [-0.2, -0.15) is 5.10 Å². The first-order valence-corrected chi connectivity index (χ1v) is 6.81. The number of hydrogen-bond acceptors (Lipinski definition) is 3. The van der Waals surface area contributed by atoms with E-state index in [9.17, 15) is 4.79 Å². The van der Waals surface area contributed by atoms with Crippen molar-refractivity contribution in [3.05, 3.63) is 11.8 Å². The molecule has 0 unspecified atom stereocenters. The second-order valence-electron chi connectivity index (χ2n) is 4.83. The van der Waals surface area contributed by atoms with Crippen LogP contribution in [-0.2, 0) is 6.54 Å². The average Bonchev–Trinajstić information content (AvgIpc) is 2.79. The van der Waals surface area contributed by atoms with Crippen LogP contribution in [0.2, 0.25) is 0 Å². The first kappa shape index (κ1) is 12.9. The van der Waals surface area contributed by atoms with E-state index in [4.69, 9.17) is 5.73 Å². The van der Waals surface area contributed by atoms with E-state index in [0.717, 1.165) is 25.8 Å². The molecule has 1 aliphatic rings. The summed E-state index contributed by atoms with van der Waals surface area (Å²) in [5.74, 6) is 0.498. The van der Waals surface area contributed by atoms with Crippen LogP contribution < -0.4 is 5.73 Å². The number of carbonyl (C=O) groups excluding carboxylic acids is 1. The number of nitrogens with zero attached hydrogens (tertiary/aromatic N) is 3. The Bertz CT molecular complexity index is 427. The molecule has 0 aliphatic carbocycles. The van der Waals surface area contributed by atoms with E-state index in [1.807, 2.05) is 11.8 Å². The van der Waals surface area contributed by atoms with Gasteiger partial charge in [0.2, 0.25) is 0 Å². The molecule has 0 saturated carbocycles. The lowest BCUT2D eigenvalue weighted by Gasteiger charge is -2.35. The van der Waals surface area contributed by atoms with Gasteiger partial charge in [-0.1, -0.05) is 6.92 Å². The second kappa shape index (κ2) is 5.42. The first-order valence-electron chi connectivity index (χ1n) is 6.81. The van der Waals surface area contributed by atoms with E-state index < -0.39 is 0 Å². The van der Waals surface area contributed by atoms with Crippen molar-refractivity contribution in [3.8, 4) is 0 Å². The summed E-state index contributed by atoms with van der Waals surface area (Å²) in [5, 5.41) is 4.14. The number of nitrogens with two attached hydrogens (primary N) is 1. The normalized spacial score (nSPS) is 20.1. The summed E-state index contributed by atoms with van der Waals surface area (Å²) in [7, 11) is 0. The van der Waals surface area contributed by atoms with E-state index >= 15 is 0 Å². The minimum Gasteiger partial charge on any atom is -0.382 e. The molecule has 5 nitrogen and oxygen atoms in total. The average molecular weight is 250 g/mol. The fourth-order valence-corrected chi connectivity index (χ4v) is 2.69. The molecular formula is C13H22N4O. The van der Waals surface area contributed by atoms with Crippen molar-refractivity contribution in [1.82, 2.24) is 14.7 Å². The van der Waals surface area contributed by atoms with Crippen molar-refractivity contribution in [2.24, 2.45) is 0 Å². The van der Waals surface area contributed by atoms with Gasteiger partial charge in [-0.15, -0.1) is 0 Å². The van der Waals surface area contributed by atoms with E-state index in [2.05, 4.69) is 12.0 Å². The molecule has 18 heavy (non-hydrogen) atoms. The molecule has 1 fully saturated rings. The number of likely N-dealkylation sites (tertiary alicyclic amines) is 1. The van der Waals surface area contributed by atoms with Crippen LogP contribution in [0.4, 0.5) is 5.82 Å². The Morgan fingerprint density at radius 3 is 2.94 bits per heavy atom. The van der Waals surface area contributed by atoms with Crippen LogP contribution in [0.1, 0.15) is 50.0 Å². The molecule has 1 aromatic heterocycles. The lowest BCUT2D eigenvalue weighted by Crippen LogP contribution is -2.44. The van der Waals surface area contributed by atoms with Gasteiger partial charge in [-0.05, 0) is 32.6 Å².